The van der Waals surface area contributed by atoms with Crippen LogP contribution in [0.3, 0.4) is 0 Å². The molecule has 1 aliphatic heterocycles. The van der Waals surface area contributed by atoms with Crippen molar-refractivity contribution in [2.24, 2.45) is 0 Å². The number of pyridine rings is 2. The van der Waals surface area contributed by atoms with Gasteiger partial charge in [0.2, 0.25) is 0 Å². The lowest BCUT2D eigenvalue weighted by molar-refractivity contribution is 0.113. The zero-order valence-electron chi connectivity index (χ0n) is 17.5. The first-order chi connectivity index (χ1) is 15.1. The molecular weight excluding hydrogens is 412 g/mol. The van der Waals surface area contributed by atoms with E-state index >= 15 is 0 Å². The minimum Gasteiger partial charge on any atom is -0.497 e. The van der Waals surface area contributed by atoms with Crippen LogP contribution in [0.15, 0.2) is 53.6 Å². The Hall–Kier alpha value is -2.97. The Balaban J connectivity index is 1.57. The van der Waals surface area contributed by atoms with Crippen LogP contribution in [-0.4, -0.2) is 46.3 Å². The van der Waals surface area contributed by atoms with Crippen molar-refractivity contribution < 1.29 is 9.47 Å². The first kappa shape index (κ1) is 21.3. The highest BCUT2D eigenvalue weighted by Crippen LogP contribution is 2.20. The van der Waals surface area contributed by atoms with Gasteiger partial charge in [-0.25, -0.2) is 0 Å². The molecule has 0 radical (unpaired) electrons. The summed E-state index contributed by atoms with van der Waals surface area (Å²) in [7, 11) is 1.63. The van der Waals surface area contributed by atoms with E-state index in [0.29, 0.717) is 30.3 Å². The Morgan fingerprint density at radius 3 is 3.00 bits per heavy atom. The molecule has 3 heterocycles. The summed E-state index contributed by atoms with van der Waals surface area (Å²) >= 11 is 5.69. The van der Waals surface area contributed by atoms with Gasteiger partial charge in [-0.3, -0.25) is 9.78 Å². The molecule has 1 fully saturated rings. The molecule has 0 aliphatic carbocycles. The third kappa shape index (κ3) is 5.39. The highest BCUT2D eigenvalue weighted by Gasteiger charge is 2.18. The van der Waals surface area contributed by atoms with Gasteiger partial charge in [-0.15, -0.1) is 0 Å². The number of ether oxygens (including phenoxy) is 2. The third-order valence-corrected chi connectivity index (χ3v) is 5.78. The molecule has 2 N–H and O–H groups in total. The van der Waals surface area contributed by atoms with Crippen molar-refractivity contribution in [1.82, 2.24) is 20.2 Å². The van der Waals surface area contributed by atoms with Crippen LogP contribution in [0, 0.1) is 0 Å². The molecular formula is C23H26N4O3S. The molecule has 1 aliphatic rings. The summed E-state index contributed by atoms with van der Waals surface area (Å²) in [5, 5.41) is 4.82. The molecule has 1 saturated heterocycles. The maximum atomic E-state index is 12.8. The number of aromatic nitrogens is 2. The predicted octanol–water partition coefficient (Wildman–Crippen LogP) is 2.99. The molecule has 0 unspecified atom stereocenters. The summed E-state index contributed by atoms with van der Waals surface area (Å²) in [4.78, 5) is 21.9. The van der Waals surface area contributed by atoms with Gasteiger partial charge in [0.25, 0.3) is 5.56 Å². The van der Waals surface area contributed by atoms with Crippen LogP contribution in [0.1, 0.15) is 24.0 Å². The van der Waals surface area contributed by atoms with Crippen LogP contribution in [0.2, 0.25) is 0 Å². The van der Waals surface area contributed by atoms with Crippen molar-refractivity contribution in [3.05, 3.63) is 70.3 Å². The Bertz CT molecular complexity index is 1100. The van der Waals surface area contributed by atoms with Gasteiger partial charge >= 0.3 is 0 Å². The number of rotatable bonds is 7. The molecule has 0 amide bonds. The monoisotopic (exact) mass is 438 g/mol. The van der Waals surface area contributed by atoms with Crippen LogP contribution in [0.4, 0.5) is 0 Å². The van der Waals surface area contributed by atoms with E-state index in [1.54, 1.807) is 13.3 Å². The zero-order valence-corrected chi connectivity index (χ0v) is 18.3. The van der Waals surface area contributed by atoms with Gasteiger partial charge < -0.3 is 24.7 Å². The van der Waals surface area contributed by atoms with Gasteiger partial charge in [0.05, 0.1) is 19.8 Å². The fraction of sp³-hybridized carbons (Fsp3) is 0.348. The quantitative estimate of drug-likeness (QED) is 0.549. The Morgan fingerprint density at radius 2 is 2.26 bits per heavy atom. The fourth-order valence-corrected chi connectivity index (χ4v) is 3.92. The number of nitrogens with zero attached hydrogens (tertiary/aromatic N) is 2. The number of aromatic amines is 1. The number of H-pyrrole nitrogens is 1. The maximum Gasteiger partial charge on any atom is 0.253 e. The van der Waals surface area contributed by atoms with E-state index < -0.39 is 0 Å². The average Bonchev–Trinajstić information content (AvgIpc) is 3.31. The minimum atomic E-state index is -0.129. The Labute approximate surface area is 186 Å². The van der Waals surface area contributed by atoms with Crippen molar-refractivity contribution in [2.75, 3.05) is 20.3 Å². The molecule has 0 saturated carbocycles. The average molecular weight is 439 g/mol. The smallest absolute Gasteiger partial charge is 0.253 e. The fourth-order valence-electron chi connectivity index (χ4n) is 3.71. The molecule has 162 valence electrons. The number of nitrogens with one attached hydrogen (secondary N) is 2. The number of hydrogen-bond acceptors (Lipinski definition) is 5. The number of benzene rings is 1. The second kappa shape index (κ2) is 9.89. The molecule has 7 nitrogen and oxygen atoms in total. The van der Waals surface area contributed by atoms with E-state index in [-0.39, 0.29) is 11.7 Å². The molecule has 0 spiro atoms. The topological polar surface area (TPSA) is 79.5 Å². The standard InChI is InChI=1S/C23H26N4O3S/c1-29-19-6-7-21-17(11-19)10-18(22(28)26-21)15-27(14-16-4-2-8-24-12-16)23(31)25-13-20-5-3-9-30-20/h2,4,6-8,10-12,20H,3,5,9,13-15H2,1H3,(H,25,31)(H,26,28)/t20-/m1/s1. The second-order valence-corrected chi connectivity index (χ2v) is 8.00. The van der Waals surface area contributed by atoms with Crippen molar-refractivity contribution in [1.29, 1.82) is 0 Å². The van der Waals surface area contributed by atoms with Crippen LogP contribution < -0.4 is 15.6 Å². The summed E-state index contributed by atoms with van der Waals surface area (Å²) in [6, 6.07) is 11.4. The summed E-state index contributed by atoms with van der Waals surface area (Å²) in [6.07, 6.45) is 5.84. The number of methoxy groups -OCH3 is 1. The van der Waals surface area contributed by atoms with Gasteiger partial charge in [0.1, 0.15) is 5.75 Å². The molecule has 4 rings (SSSR count). The highest BCUT2D eigenvalue weighted by molar-refractivity contribution is 7.80. The molecule has 8 heteroatoms. The van der Waals surface area contributed by atoms with E-state index in [1.165, 1.54) is 0 Å². The van der Waals surface area contributed by atoms with Crippen molar-refractivity contribution in [3.63, 3.8) is 0 Å². The van der Waals surface area contributed by atoms with E-state index in [1.807, 2.05) is 47.5 Å². The van der Waals surface area contributed by atoms with Gasteiger partial charge in [-0.05, 0) is 61.0 Å². The van der Waals surface area contributed by atoms with Crippen molar-refractivity contribution >= 4 is 28.2 Å². The Morgan fingerprint density at radius 1 is 1.35 bits per heavy atom. The van der Waals surface area contributed by atoms with E-state index in [0.717, 1.165) is 41.7 Å². The van der Waals surface area contributed by atoms with Gasteiger partial charge in [-0.1, -0.05) is 6.07 Å². The molecule has 0 bridgehead atoms. The minimum absolute atomic E-state index is 0.129. The van der Waals surface area contributed by atoms with Crippen molar-refractivity contribution in [2.45, 2.75) is 32.0 Å². The van der Waals surface area contributed by atoms with Crippen LogP contribution in [0.25, 0.3) is 10.9 Å². The predicted molar refractivity (Wildman–Crippen MR) is 124 cm³/mol. The normalized spacial score (nSPS) is 15.7. The highest BCUT2D eigenvalue weighted by atomic mass is 32.1. The summed E-state index contributed by atoms with van der Waals surface area (Å²) in [6.45, 7) is 2.37. The van der Waals surface area contributed by atoms with E-state index in [2.05, 4.69) is 15.3 Å². The maximum absolute atomic E-state index is 12.8. The first-order valence-corrected chi connectivity index (χ1v) is 10.8. The van der Waals surface area contributed by atoms with E-state index in [4.69, 9.17) is 21.7 Å². The Kier molecular flexibility index (Phi) is 6.79. The molecule has 31 heavy (non-hydrogen) atoms. The van der Waals surface area contributed by atoms with E-state index in [9.17, 15) is 4.79 Å². The molecule has 2 aromatic heterocycles. The molecule has 3 aromatic rings. The van der Waals surface area contributed by atoms with Gasteiger partial charge in [0, 0.05) is 48.6 Å². The SMILES string of the molecule is COc1ccc2[nH]c(=O)c(CN(Cc3cccnc3)C(=S)NC[C@H]3CCCO3)cc2c1. The van der Waals surface area contributed by atoms with Gasteiger partial charge in [0.15, 0.2) is 5.11 Å². The van der Waals surface area contributed by atoms with Crippen molar-refractivity contribution in [3.8, 4) is 5.75 Å². The first-order valence-electron chi connectivity index (χ1n) is 10.4. The molecule has 1 aromatic carbocycles. The lowest BCUT2D eigenvalue weighted by Gasteiger charge is -2.26. The lowest BCUT2D eigenvalue weighted by Crippen LogP contribution is -2.42. The zero-order chi connectivity index (χ0) is 21.6. The van der Waals surface area contributed by atoms with Crippen LogP contribution in [-0.2, 0) is 17.8 Å². The van der Waals surface area contributed by atoms with Crippen LogP contribution in [0.5, 0.6) is 5.75 Å². The number of thiocarbonyl (C=S) groups is 1. The largest absolute Gasteiger partial charge is 0.497 e. The third-order valence-electron chi connectivity index (χ3n) is 5.38. The summed E-state index contributed by atoms with van der Waals surface area (Å²) in [5.74, 6) is 0.742. The summed E-state index contributed by atoms with van der Waals surface area (Å²) < 4.78 is 11.0. The van der Waals surface area contributed by atoms with Crippen LogP contribution >= 0.6 is 12.2 Å². The molecule has 1 atom stereocenters. The number of fused-ring (bicyclic) bond motifs is 1. The number of hydrogen-bond donors (Lipinski definition) is 2. The lowest BCUT2D eigenvalue weighted by atomic mass is 10.1. The van der Waals surface area contributed by atoms with Gasteiger partial charge in [-0.2, -0.15) is 0 Å². The summed E-state index contributed by atoms with van der Waals surface area (Å²) in [5.41, 5.74) is 2.29. The second-order valence-electron chi connectivity index (χ2n) is 7.62.